The van der Waals surface area contributed by atoms with Crippen LogP contribution in [0.15, 0.2) is 22.8 Å². The molecule has 2 aliphatic heterocycles. The second-order valence-electron chi connectivity index (χ2n) is 6.16. The van der Waals surface area contributed by atoms with E-state index in [0.717, 1.165) is 31.6 Å². The van der Waals surface area contributed by atoms with E-state index < -0.39 is 0 Å². The normalized spacial score (nSPS) is 20.5. The Hall–Kier alpha value is -2.42. The monoisotopic (exact) mass is 361 g/mol. The number of nitrogens with one attached hydrogen (secondary N) is 1. The van der Waals surface area contributed by atoms with Gasteiger partial charge in [0.05, 0.1) is 12.8 Å². The summed E-state index contributed by atoms with van der Waals surface area (Å²) in [7, 11) is 0. The third kappa shape index (κ3) is 3.23. The van der Waals surface area contributed by atoms with Crippen molar-refractivity contribution in [1.82, 2.24) is 15.5 Å². The summed E-state index contributed by atoms with van der Waals surface area (Å²) in [5.74, 6) is 0.781. The van der Waals surface area contributed by atoms with Crippen LogP contribution in [0, 0.1) is 0 Å². The van der Waals surface area contributed by atoms with E-state index in [-0.39, 0.29) is 17.9 Å². The van der Waals surface area contributed by atoms with Crippen molar-refractivity contribution in [3.05, 3.63) is 24.2 Å². The summed E-state index contributed by atoms with van der Waals surface area (Å²) in [6.45, 7) is 1.84. The smallest absolute Gasteiger partial charge is 0.243 e. The van der Waals surface area contributed by atoms with Crippen LogP contribution < -0.4 is 15.1 Å². The van der Waals surface area contributed by atoms with Gasteiger partial charge in [-0.05, 0) is 31.4 Å². The number of aromatic nitrogens is 2. The van der Waals surface area contributed by atoms with Gasteiger partial charge in [0.15, 0.2) is 0 Å². The number of hydrogen-bond acceptors (Lipinski definition) is 7. The van der Waals surface area contributed by atoms with Crippen molar-refractivity contribution in [2.45, 2.75) is 38.3 Å². The molecule has 2 fully saturated rings. The number of carbonyl (C=O) groups excluding carboxylic acids is 2. The maximum Gasteiger partial charge on any atom is 0.243 e. The van der Waals surface area contributed by atoms with Gasteiger partial charge in [-0.2, -0.15) is 0 Å². The van der Waals surface area contributed by atoms with Gasteiger partial charge in [0.1, 0.15) is 11.8 Å². The zero-order valence-electron chi connectivity index (χ0n) is 13.7. The molecule has 0 spiro atoms. The average Bonchev–Trinajstić information content (AvgIpc) is 3.37. The van der Waals surface area contributed by atoms with Gasteiger partial charge < -0.3 is 14.6 Å². The predicted molar refractivity (Wildman–Crippen MR) is 92.4 cm³/mol. The van der Waals surface area contributed by atoms with E-state index in [9.17, 15) is 9.59 Å². The SMILES string of the molecule is O=C(NCc1ccco1)C1CCCN1c1nnc(N2CCCC2=O)s1. The highest BCUT2D eigenvalue weighted by Crippen LogP contribution is 2.33. The lowest BCUT2D eigenvalue weighted by Gasteiger charge is -2.22. The number of amides is 2. The first-order valence-electron chi connectivity index (χ1n) is 8.43. The van der Waals surface area contributed by atoms with Crippen LogP contribution in [0.1, 0.15) is 31.4 Å². The summed E-state index contributed by atoms with van der Waals surface area (Å²) >= 11 is 1.38. The summed E-state index contributed by atoms with van der Waals surface area (Å²) in [4.78, 5) is 28.1. The van der Waals surface area contributed by atoms with Crippen molar-refractivity contribution in [2.75, 3.05) is 22.9 Å². The maximum absolute atomic E-state index is 12.5. The van der Waals surface area contributed by atoms with E-state index >= 15 is 0 Å². The first kappa shape index (κ1) is 16.1. The Morgan fingerprint density at radius 1 is 1.32 bits per heavy atom. The summed E-state index contributed by atoms with van der Waals surface area (Å²) in [6, 6.07) is 3.37. The summed E-state index contributed by atoms with van der Waals surface area (Å²) in [5, 5.41) is 12.6. The highest BCUT2D eigenvalue weighted by molar-refractivity contribution is 7.19. The maximum atomic E-state index is 12.5. The standard InChI is InChI=1S/C16H19N5O3S/c22-13-6-2-8-21(13)16-19-18-15(25-16)20-7-1-5-12(20)14(23)17-10-11-4-3-9-24-11/h3-4,9,12H,1-2,5-8,10H2,(H,17,23). The highest BCUT2D eigenvalue weighted by atomic mass is 32.1. The lowest BCUT2D eigenvalue weighted by atomic mass is 10.2. The number of furan rings is 1. The molecule has 0 saturated carbocycles. The minimum atomic E-state index is -0.259. The minimum Gasteiger partial charge on any atom is -0.467 e. The van der Waals surface area contributed by atoms with E-state index in [1.807, 2.05) is 11.0 Å². The molecule has 1 N–H and O–H groups in total. The van der Waals surface area contributed by atoms with Crippen LogP contribution in [0.5, 0.6) is 0 Å². The van der Waals surface area contributed by atoms with E-state index in [1.165, 1.54) is 11.3 Å². The molecule has 132 valence electrons. The van der Waals surface area contributed by atoms with Crippen LogP contribution in [0.25, 0.3) is 0 Å². The number of rotatable bonds is 5. The Labute approximate surface area is 148 Å². The lowest BCUT2D eigenvalue weighted by molar-refractivity contribution is -0.122. The molecule has 0 aromatic carbocycles. The van der Waals surface area contributed by atoms with Gasteiger partial charge in [0, 0.05) is 19.5 Å². The second-order valence-corrected chi connectivity index (χ2v) is 7.10. The Bertz CT molecular complexity index is 760. The molecule has 2 aliphatic rings. The molecule has 2 aromatic rings. The molecule has 9 heteroatoms. The van der Waals surface area contributed by atoms with Gasteiger partial charge in [0.25, 0.3) is 0 Å². The molecular weight excluding hydrogens is 342 g/mol. The highest BCUT2D eigenvalue weighted by Gasteiger charge is 2.34. The molecule has 0 aliphatic carbocycles. The van der Waals surface area contributed by atoms with Crippen LogP contribution in [0.4, 0.5) is 10.3 Å². The van der Waals surface area contributed by atoms with Gasteiger partial charge in [-0.15, -0.1) is 10.2 Å². The van der Waals surface area contributed by atoms with E-state index in [0.29, 0.717) is 29.8 Å². The molecule has 8 nitrogen and oxygen atoms in total. The third-order valence-electron chi connectivity index (χ3n) is 4.53. The molecule has 0 radical (unpaired) electrons. The quantitative estimate of drug-likeness (QED) is 0.869. The predicted octanol–water partition coefficient (Wildman–Crippen LogP) is 1.54. The first-order valence-corrected chi connectivity index (χ1v) is 9.24. The van der Waals surface area contributed by atoms with Gasteiger partial charge in [-0.1, -0.05) is 11.3 Å². The van der Waals surface area contributed by atoms with Crippen molar-refractivity contribution >= 4 is 33.4 Å². The molecule has 4 heterocycles. The van der Waals surface area contributed by atoms with Crippen LogP contribution >= 0.6 is 11.3 Å². The van der Waals surface area contributed by atoms with Crippen molar-refractivity contribution in [3.8, 4) is 0 Å². The molecule has 1 unspecified atom stereocenters. The Kier molecular flexibility index (Phi) is 4.39. The Balaban J connectivity index is 1.43. The topological polar surface area (TPSA) is 91.6 Å². The van der Waals surface area contributed by atoms with E-state index in [1.54, 1.807) is 17.2 Å². The molecule has 2 aromatic heterocycles. The van der Waals surface area contributed by atoms with Crippen molar-refractivity contribution in [2.24, 2.45) is 0 Å². The summed E-state index contributed by atoms with van der Waals surface area (Å²) in [6.07, 6.45) is 4.72. The van der Waals surface area contributed by atoms with Crippen LogP contribution in [-0.4, -0.2) is 41.1 Å². The summed E-state index contributed by atoms with van der Waals surface area (Å²) < 4.78 is 5.24. The molecule has 2 saturated heterocycles. The average molecular weight is 361 g/mol. The fraction of sp³-hybridized carbons (Fsp3) is 0.500. The molecule has 1 atom stereocenters. The summed E-state index contributed by atoms with van der Waals surface area (Å²) in [5.41, 5.74) is 0. The van der Waals surface area contributed by atoms with Crippen LogP contribution in [0.3, 0.4) is 0 Å². The largest absolute Gasteiger partial charge is 0.467 e. The molecule has 0 bridgehead atoms. The van der Waals surface area contributed by atoms with E-state index in [2.05, 4.69) is 15.5 Å². The molecular formula is C16H19N5O3S. The van der Waals surface area contributed by atoms with Crippen molar-refractivity contribution in [1.29, 1.82) is 0 Å². The first-order chi connectivity index (χ1) is 12.2. The van der Waals surface area contributed by atoms with Gasteiger partial charge >= 0.3 is 0 Å². The van der Waals surface area contributed by atoms with E-state index in [4.69, 9.17) is 4.42 Å². The lowest BCUT2D eigenvalue weighted by Crippen LogP contribution is -2.43. The number of carbonyl (C=O) groups is 2. The Morgan fingerprint density at radius 3 is 2.96 bits per heavy atom. The fourth-order valence-electron chi connectivity index (χ4n) is 3.26. The van der Waals surface area contributed by atoms with Crippen LogP contribution in [-0.2, 0) is 16.1 Å². The van der Waals surface area contributed by atoms with Gasteiger partial charge in [-0.25, -0.2) is 0 Å². The number of hydrogen-bond donors (Lipinski definition) is 1. The molecule has 2 amide bonds. The van der Waals surface area contributed by atoms with Crippen LogP contribution in [0.2, 0.25) is 0 Å². The van der Waals surface area contributed by atoms with Gasteiger partial charge in [-0.3, -0.25) is 14.5 Å². The fourth-order valence-corrected chi connectivity index (χ4v) is 4.22. The van der Waals surface area contributed by atoms with Crippen molar-refractivity contribution < 1.29 is 14.0 Å². The zero-order valence-corrected chi connectivity index (χ0v) is 14.5. The third-order valence-corrected chi connectivity index (χ3v) is 5.51. The molecule has 4 rings (SSSR count). The Morgan fingerprint density at radius 2 is 2.20 bits per heavy atom. The molecule has 25 heavy (non-hydrogen) atoms. The number of anilines is 2. The second kappa shape index (κ2) is 6.83. The van der Waals surface area contributed by atoms with Crippen molar-refractivity contribution in [3.63, 3.8) is 0 Å². The zero-order chi connectivity index (χ0) is 17.2. The minimum absolute atomic E-state index is 0.0390. The van der Waals surface area contributed by atoms with Gasteiger partial charge in [0.2, 0.25) is 22.1 Å². The number of nitrogens with zero attached hydrogens (tertiary/aromatic N) is 4.